The Hall–Kier alpha value is -3.17. The van der Waals surface area contributed by atoms with E-state index in [2.05, 4.69) is 29.1 Å². The number of ether oxygens (including phenoxy) is 1. The minimum atomic E-state index is -1.03. The number of carbonyl (C=O) groups is 5. The van der Waals surface area contributed by atoms with Crippen LogP contribution in [0.15, 0.2) is 25.3 Å². The van der Waals surface area contributed by atoms with Crippen molar-refractivity contribution in [2.45, 2.75) is 115 Å². The van der Waals surface area contributed by atoms with E-state index < -0.39 is 47.4 Å². The molecular weight excluding hydrogens is 512 g/mol. The van der Waals surface area contributed by atoms with Gasteiger partial charge in [0.05, 0.1) is 6.04 Å². The van der Waals surface area contributed by atoms with Gasteiger partial charge in [-0.25, -0.2) is 4.79 Å². The van der Waals surface area contributed by atoms with Crippen molar-refractivity contribution in [3.8, 4) is 0 Å². The molecule has 0 aromatic rings. The number of nitrogens with one attached hydrogen (secondary N) is 3. The number of nitrogens with zero attached hydrogens (tertiary/aromatic N) is 1. The number of likely N-dealkylation sites (tertiary alicyclic amines) is 1. The lowest BCUT2D eigenvalue weighted by molar-refractivity contribution is -0.143. The van der Waals surface area contributed by atoms with Gasteiger partial charge in [0.1, 0.15) is 17.7 Å². The fourth-order valence-corrected chi connectivity index (χ4v) is 5.28. The summed E-state index contributed by atoms with van der Waals surface area (Å²) in [6.45, 7) is 13.3. The monoisotopic (exact) mass is 560 g/mol. The summed E-state index contributed by atoms with van der Waals surface area (Å²) in [5.74, 6) is -2.32. The van der Waals surface area contributed by atoms with Crippen molar-refractivity contribution < 1.29 is 28.7 Å². The first kappa shape index (κ1) is 33.0. The van der Waals surface area contributed by atoms with E-state index in [1.165, 1.54) is 4.90 Å². The summed E-state index contributed by atoms with van der Waals surface area (Å²) < 4.78 is 5.44. The molecule has 0 radical (unpaired) electrons. The molecule has 2 rings (SSSR count). The molecule has 1 heterocycles. The lowest BCUT2D eigenvalue weighted by Gasteiger charge is -2.35. The third-order valence-electron chi connectivity index (χ3n) is 7.28. The van der Waals surface area contributed by atoms with E-state index in [4.69, 9.17) is 4.74 Å². The highest BCUT2D eigenvalue weighted by atomic mass is 16.6. The zero-order valence-corrected chi connectivity index (χ0v) is 24.5. The van der Waals surface area contributed by atoms with Crippen LogP contribution in [0, 0.1) is 5.92 Å². The van der Waals surface area contributed by atoms with Gasteiger partial charge in [0.25, 0.3) is 5.91 Å². The number of carbonyl (C=O) groups excluding carboxylic acids is 5. The molecule has 0 bridgehead atoms. The second-order valence-corrected chi connectivity index (χ2v) is 11.7. The van der Waals surface area contributed by atoms with E-state index in [9.17, 15) is 24.0 Å². The third kappa shape index (κ3) is 10.4. The van der Waals surface area contributed by atoms with Gasteiger partial charge in [-0.1, -0.05) is 31.4 Å². The zero-order valence-electron chi connectivity index (χ0n) is 24.5. The maximum absolute atomic E-state index is 13.9. The molecule has 0 aromatic heterocycles. The minimum absolute atomic E-state index is 0.0511. The standard InChI is InChI=1S/C30H48N4O6/c1-6-8-13-19-31-27(37)25(35)22(17-9-7-2)32-26(36)23-18-14-20-34(23)28(38)24(21-15-11-10-12-16-21)33-29(39)40-30(3,4)5/h6-7,21-24H,1-2,8-20H2,3-5H3,(H,31,37)(H,32,36)(H,33,39)/t22?,23-,24-/m0/s1. The maximum Gasteiger partial charge on any atom is 0.408 e. The molecule has 40 heavy (non-hydrogen) atoms. The molecule has 1 aliphatic heterocycles. The number of unbranched alkanes of at least 4 members (excludes halogenated alkanes) is 1. The summed E-state index contributed by atoms with van der Waals surface area (Å²) in [6, 6.07) is -2.63. The molecule has 2 fully saturated rings. The lowest BCUT2D eigenvalue weighted by atomic mass is 9.83. The second kappa shape index (κ2) is 16.2. The summed E-state index contributed by atoms with van der Waals surface area (Å²) in [5.41, 5.74) is -0.717. The van der Waals surface area contributed by atoms with Crippen LogP contribution in [-0.4, -0.2) is 71.3 Å². The van der Waals surface area contributed by atoms with E-state index in [0.717, 1.165) is 32.1 Å². The number of rotatable bonds is 14. The van der Waals surface area contributed by atoms with Crippen molar-refractivity contribution >= 4 is 29.6 Å². The molecule has 4 amide bonds. The largest absolute Gasteiger partial charge is 0.444 e. The van der Waals surface area contributed by atoms with Gasteiger partial charge in [0.15, 0.2) is 0 Å². The Kier molecular flexibility index (Phi) is 13.4. The molecule has 2 aliphatic rings. The van der Waals surface area contributed by atoms with Gasteiger partial charge < -0.3 is 25.6 Å². The summed E-state index contributed by atoms with van der Waals surface area (Å²) in [5, 5.41) is 8.13. The van der Waals surface area contributed by atoms with Gasteiger partial charge in [0.2, 0.25) is 17.6 Å². The summed E-state index contributed by atoms with van der Waals surface area (Å²) in [6.07, 6.45) is 10.4. The van der Waals surface area contributed by atoms with Crippen LogP contribution in [0.5, 0.6) is 0 Å². The number of Topliss-reactive ketones (excluding diaryl/α,β-unsaturated/α-hetero) is 1. The SMILES string of the molecule is C=CCCCNC(=O)C(=O)C(CCC=C)NC(=O)[C@@H]1CCCN1C(=O)[C@@H](NC(=O)OC(C)(C)C)C1CCCCC1. The average Bonchev–Trinajstić information content (AvgIpc) is 3.41. The highest BCUT2D eigenvalue weighted by Crippen LogP contribution is 2.29. The highest BCUT2D eigenvalue weighted by Gasteiger charge is 2.42. The normalized spacial score (nSPS) is 19.2. The van der Waals surface area contributed by atoms with Crippen LogP contribution in [0.1, 0.15) is 91.4 Å². The molecule has 1 saturated heterocycles. The smallest absolute Gasteiger partial charge is 0.408 e. The summed E-state index contributed by atoms with van der Waals surface area (Å²) in [4.78, 5) is 66.8. The number of allylic oxidation sites excluding steroid dienone is 2. The van der Waals surface area contributed by atoms with Gasteiger partial charge >= 0.3 is 6.09 Å². The van der Waals surface area contributed by atoms with E-state index in [-0.39, 0.29) is 18.2 Å². The number of alkyl carbamates (subject to hydrolysis) is 1. The molecule has 3 atom stereocenters. The predicted octanol–water partition coefficient (Wildman–Crippen LogP) is 3.55. The van der Waals surface area contributed by atoms with E-state index in [1.54, 1.807) is 32.9 Å². The first-order valence-corrected chi connectivity index (χ1v) is 14.6. The van der Waals surface area contributed by atoms with Crippen LogP contribution < -0.4 is 16.0 Å². The van der Waals surface area contributed by atoms with Crippen molar-refractivity contribution in [1.82, 2.24) is 20.9 Å². The Bertz CT molecular complexity index is 922. The molecule has 0 spiro atoms. The van der Waals surface area contributed by atoms with Crippen molar-refractivity contribution in [2.75, 3.05) is 13.1 Å². The van der Waals surface area contributed by atoms with Crippen LogP contribution in [-0.2, 0) is 23.9 Å². The topological polar surface area (TPSA) is 134 Å². The molecule has 10 nitrogen and oxygen atoms in total. The van der Waals surface area contributed by atoms with Crippen LogP contribution in [0.3, 0.4) is 0 Å². The average molecular weight is 561 g/mol. The Balaban J connectivity index is 2.15. The third-order valence-corrected chi connectivity index (χ3v) is 7.28. The van der Waals surface area contributed by atoms with Crippen LogP contribution in [0.25, 0.3) is 0 Å². The zero-order chi connectivity index (χ0) is 29.7. The number of ketones is 1. The highest BCUT2D eigenvalue weighted by molar-refractivity contribution is 6.38. The Morgan fingerprint density at radius 3 is 2.25 bits per heavy atom. The van der Waals surface area contributed by atoms with E-state index in [1.807, 2.05) is 0 Å². The van der Waals surface area contributed by atoms with Crippen molar-refractivity contribution in [1.29, 1.82) is 0 Å². The van der Waals surface area contributed by atoms with Crippen molar-refractivity contribution in [3.63, 3.8) is 0 Å². The van der Waals surface area contributed by atoms with Crippen LogP contribution >= 0.6 is 0 Å². The molecule has 0 aromatic carbocycles. The Morgan fingerprint density at radius 2 is 1.62 bits per heavy atom. The van der Waals surface area contributed by atoms with Crippen molar-refractivity contribution in [3.05, 3.63) is 25.3 Å². The van der Waals surface area contributed by atoms with Gasteiger partial charge in [-0.05, 0) is 78.1 Å². The fourth-order valence-electron chi connectivity index (χ4n) is 5.28. The van der Waals surface area contributed by atoms with Crippen molar-refractivity contribution in [2.24, 2.45) is 5.92 Å². The first-order valence-electron chi connectivity index (χ1n) is 14.6. The minimum Gasteiger partial charge on any atom is -0.444 e. The maximum atomic E-state index is 13.9. The lowest BCUT2D eigenvalue weighted by Crippen LogP contribution is -2.58. The van der Waals surface area contributed by atoms with Gasteiger partial charge in [-0.15, -0.1) is 13.2 Å². The van der Waals surface area contributed by atoms with Crippen LogP contribution in [0.4, 0.5) is 4.79 Å². The first-order chi connectivity index (χ1) is 19.0. The number of hydrogen-bond donors (Lipinski definition) is 3. The molecule has 224 valence electrons. The Morgan fingerprint density at radius 1 is 0.950 bits per heavy atom. The summed E-state index contributed by atoms with van der Waals surface area (Å²) >= 11 is 0. The molecule has 1 aliphatic carbocycles. The Labute approximate surface area is 238 Å². The molecule has 3 N–H and O–H groups in total. The molecule has 10 heteroatoms. The van der Waals surface area contributed by atoms with E-state index >= 15 is 0 Å². The van der Waals surface area contributed by atoms with Gasteiger partial charge in [-0.3, -0.25) is 19.2 Å². The quantitative estimate of drug-likeness (QED) is 0.169. The van der Waals surface area contributed by atoms with Gasteiger partial charge in [0, 0.05) is 13.1 Å². The van der Waals surface area contributed by atoms with Crippen LogP contribution in [0.2, 0.25) is 0 Å². The molecule has 1 unspecified atom stereocenters. The van der Waals surface area contributed by atoms with Gasteiger partial charge in [-0.2, -0.15) is 0 Å². The van der Waals surface area contributed by atoms with E-state index in [0.29, 0.717) is 45.2 Å². The molecular formula is C30H48N4O6. The number of amides is 4. The number of hydrogen-bond acceptors (Lipinski definition) is 6. The second-order valence-electron chi connectivity index (χ2n) is 11.7. The predicted molar refractivity (Wildman–Crippen MR) is 153 cm³/mol. The fraction of sp³-hybridized carbons (Fsp3) is 0.700. The summed E-state index contributed by atoms with van der Waals surface area (Å²) in [7, 11) is 0. The molecule has 1 saturated carbocycles.